The van der Waals surface area contributed by atoms with Crippen LogP contribution in [0.15, 0.2) is 18.3 Å². The number of anilines is 2. The largest absolute Gasteiger partial charge is 0.453 e. The van der Waals surface area contributed by atoms with Crippen LogP contribution >= 0.6 is 0 Å². The highest BCUT2D eigenvalue weighted by molar-refractivity contribution is 5.97. The standard InChI is InChI=1S/C17H24N4O4/c1-10(2)8-13(20-17(24)25-3)16(23)19-12-6-7-14(18-9-12)21-15(22)11-4-5-11/h6-7,9-11,13H,4-5,8H2,1-3H3,(H,19,23)(H,20,24)(H,18,21,22). The molecule has 1 aliphatic carbocycles. The van der Waals surface area contributed by atoms with Gasteiger partial charge in [-0.1, -0.05) is 13.8 Å². The number of hydrogen-bond acceptors (Lipinski definition) is 5. The Morgan fingerprint density at radius 3 is 2.48 bits per heavy atom. The van der Waals surface area contributed by atoms with Gasteiger partial charge in [-0.15, -0.1) is 0 Å². The molecule has 0 bridgehead atoms. The maximum Gasteiger partial charge on any atom is 0.407 e. The van der Waals surface area contributed by atoms with Crippen LogP contribution in [0.4, 0.5) is 16.3 Å². The number of ether oxygens (including phenoxy) is 1. The first-order chi connectivity index (χ1) is 11.9. The van der Waals surface area contributed by atoms with E-state index in [-0.39, 0.29) is 23.7 Å². The fraction of sp³-hybridized carbons (Fsp3) is 0.529. The lowest BCUT2D eigenvalue weighted by atomic mass is 10.0. The van der Waals surface area contributed by atoms with Crippen molar-refractivity contribution in [2.45, 2.75) is 39.2 Å². The molecule has 2 rings (SSSR count). The molecule has 0 saturated heterocycles. The number of hydrogen-bond donors (Lipinski definition) is 3. The van der Waals surface area contributed by atoms with Crippen molar-refractivity contribution in [1.29, 1.82) is 0 Å². The third kappa shape index (κ3) is 6.06. The molecule has 8 heteroatoms. The molecule has 8 nitrogen and oxygen atoms in total. The number of aromatic nitrogens is 1. The summed E-state index contributed by atoms with van der Waals surface area (Å²) in [4.78, 5) is 39.6. The second-order valence-electron chi connectivity index (χ2n) is 6.50. The number of carbonyl (C=O) groups is 3. The van der Waals surface area contributed by atoms with Crippen LogP contribution < -0.4 is 16.0 Å². The predicted molar refractivity (Wildman–Crippen MR) is 93.0 cm³/mol. The van der Waals surface area contributed by atoms with Crippen molar-refractivity contribution < 1.29 is 19.1 Å². The monoisotopic (exact) mass is 348 g/mol. The molecular formula is C17H24N4O4. The molecular weight excluding hydrogens is 324 g/mol. The summed E-state index contributed by atoms with van der Waals surface area (Å²) in [5.41, 5.74) is 0.481. The first-order valence-electron chi connectivity index (χ1n) is 8.31. The predicted octanol–water partition coefficient (Wildman–Crippen LogP) is 2.14. The number of pyridine rings is 1. The third-order valence-electron chi connectivity index (χ3n) is 3.73. The van der Waals surface area contributed by atoms with Gasteiger partial charge in [-0.3, -0.25) is 9.59 Å². The smallest absolute Gasteiger partial charge is 0.407 e. The maximum atomic E-state index is 12.4. The number of amides is 3. The number of carbonyl (C=O) groups excluding carboxylic acids is 3. The van der Waals surface area contributed by atoms with Crippen LogP contribution in [0.5, 0.6) is 0 Å². The zero-order valence-electron chi connectivity index (χ0n) is 14.7. The molecule has 1 aromatic heterocycles. The number of methoxy groups -OCH3 is 1. The molecule has 3 amide bonds. The lowest BCUT2D eigenvalue weighted by Gasteiger charge is -2.19. The van der Waals surface area contributed by atoms with Crippen LogP contribution in [0, 0.1) is 11.8 Å². The Balaban J connectivity index is 1.94. The van der Waals surface area contributed by atoms with E-state index in [1.165, 1.54) is 13.3 Å². The Kier molecular flexibility index (Phi) is 6.32. The molecule has 0 radical (unpaired) electrons. The summed E-state index contributed by atoms with van der Waals surface area (Å²) < 4.78 is 4.56. The van der Waals surface area contributed by atoms with Gasteiger partial charge in [-0.05, 0) is 37.3 Å². The van der Waals surface area contributed by atoms with Gasteiger partial charge in [0.1, 0.15) is 11.9 Å². The summed E-state index contributed by atoms with van der Waals surface area (Å²) in [6.07, 6.45) is 3.13. The van der Waals surface area contributed by atoms with E-state index in [0.717, 1.165) is 12.8 Å². The van der Waals surface area contributed by atoms with Gasteiger partial charge in [-0.2, -0.15) is 0 Å². The number of rotatable bonds is 7. The SMILES string of the molecule is COC(=O)NC(CC(C)C)C(=O)Nc1ccc(NC(=O)C2CC2)nc1. The Bertz CT molecular complexity index is 626. The molecule has 1 saturated carbocycles. The molecule has 1 atom stereocenters. The summed E-state index contributed by atoms with van der Waals surface area (Å²) in [6, 6.07) is 2.57. The van der Waals surface area contributed by atoms with Gasteiger partial charge in [0.05, 0.1) is 19.0 Å². The zero-order valence-corrected chi connectivity index (χ0v) is 14.7. The minimum absolute atomic E-state index is 0.0245. The Morgan fingerprint density at radius 1 is 1.24 bits per heavy atom. The van der Waals surface area contributed by atoms with Crippen molar-refractivity contribution in [3.05, 3.63) is 18.3 Å². The highest BCUT2D eigenvalue weighted by Gasteiger charge is 2.29. The molecule has 1 unspecified atom stereocenters. The van der Waals surface area contributed by atoms with Crippen LogP contribution in [0.25, 0.3) is 0 Å². The molecule has 1 fully saturated rings. The highest BCUT2D eigenvalue weighted by atomic mass is 16.5. The summed E-state index contributed by atoms with van der Waals surface area (Å²) in [5, 5.41) is 7.96. The molecule has 0 spiro atoms. The Labute approximate surface area is 146 Å². The van der Waals surface area contributed by atoms with E-state index < -0.39 is 12.1 Å². The van der Waals surface area contributed by atoms with Gasteiger partial charge in [0.15, 0.2) is 0 Å². The second-order valence-corrected chi connectivity index (χ2v) is 6.50. The molecule has 136 valence electrons. The minimum Gasteiger partial charge on any atom is -0.453 e. The second kappa shape index (κ2) is 8.46. The molecule has 0 aromatic carbocycles. The van der Waals surface area contributed by atoms with Crippen molar-refractivity contribution in [2.24, 2.45) is 11.8 Å². The molecule has 1 heterocycles. The zero-order chi connectivity index (χ0) is 18.4. The molecule has 3 N–H and O–H groups in total. The van der Waals surface area contributed by atoms with Crippen molar-refractivity contribution in [1.82, 2.24) is 10.3 Å². The molecule has 1 aromatic rings. The summed E-state index contributed by atoms with van der Waals surface area (Å²) >= 11 is 0. The van der Waals surface area contributed by atoms with E-state index in [1.807, 2.05) is 13.8 Å². The van der Waals surface area contributed by atoms with E-state index >= 15 is 0 Å². The topological polar surface area (TPSA) is 109 Å². The number of nitrogens with zero attached hydrogens (tertiary/aromatic N) is 1. The van der Waals surface area contributed by atoms with Crippen LogP contribution in [0.3, 0.4) is 0 Å². The normalized spacial score (nSPS) is 14.6. The first-order valence-corrected chi connectivity index (χ1v) is 8.31. The van der Waals surface area contributed by atoms with Gasteiger partial charge < -0.3 is 20.7 Å². The quantitative estimate of drug-likeness (QED) is 0.699. The summed E-state index contributed by atoms with van der Waals surface area (Å²) in [7, 11) is 1.25. The average molecular weight is 348 g/mol. The first kappa shape index (κ1) is 18.7. The van der Waals surface area contributed by atoms with Crippen LogP contribution in [0.1, 0.15) is 33.1 Å². The fourth-order valence-corrected chi connectivity index (χ4v) is 2.25. The van der Waals surface area contributed by atoms with Crippen molar-refractivity contribution in [3.8, 4) is 0 Å². The summed E-state index contributed by atoms with van der Waals surface area (Å²) in [6.45, 7) is 3.91. The Morgan fingerprint density at radius 2 is 1.96 bits per heavy atom. The Hall–Kier alpha value is -2.64. The fourth-order valence-electron chi connectivity index (χ4n) is 2.25. The lowest BCUT2D eigenvalue weighted by molar-refractivity contribution is -0.118. The lowest BCUT2D eigenvalue weighted by Crippen LogP contribution is -2.44. The van der Waals surface area contributed by atoms with E-state index in [1.54, 1.807) is 12.1 Å². The maximum absolute atomic E-state index is 12.4. The van der Waals surface area contributed by atoms with Crippen LogP contribution in [-0.2, 0) is 14.3 Å². The van der Waals surface area contributed by atoms with Gasteiger partial charge in [0.25, 0.3) is 0 Å². The third-order valence-corrected chi connectivity index (χ3v) is 3.73. The molecule has 1 aliphatic rings. The van der Waals surface area contributed by atoms with Gasteiger partial charge in [0.2, 0.25) is 11.8 Å². The van der Waals surface area contributed by atoms with E-state index in [4.69, 9.17) is 0 Å². The van der Waals surface area contributed by atoms with Crippen LogP contribution in [-0.4, -0.2) is 36.0 Å². The highest BCUT2D eigenvalue weighted by Crippen LogP contribution is 2.29. The van der Waals surface area contributed by atoms with E-state index in [0.29, 0.717) is 17.9 Å². The number of nitrogens with one attached hydrogen (secondary N) is 3. The van der Waals surface area contributed by atoms with Crippen LogP contribution in [0.2, 0.25) is 0 Å². The molecule has 25 heavy (non-hydrogen) atoms. The minimum atomic E-state index is -0.707. The summed E-state index contributed by atoms with van der Waals surface area (Å²) in [5.74, 6) is 0.383. The van der Waals surface area contributed by atoms with Gasteiger partial charge in [-0.25, -0.2) is 9.78 Å². The van der Waals surface area contributed by atoms with Gasteiger partial charge >= 0.3 is 6.09 Å². The average Bonchev–Trinajstić information content (AvgIpc) is 3.40. The molecule has 0 aliphatic heterocycles. The van der Waals surface area contributed by atoms with Crippen molar-refractivity contribution >= 4 is 29.4 Å². The van der Waals surface area contributed by atoms with Crippen molar-refractivity contribution in [2.75, 3.05) is 17.7 Å². The van der Waals surface area contributed by atoms with E-state index in [9.17, 15) is 14.4 Å². The van der Waals surface area contributed by atoms with Crippen molar-refractivity contribution in [3.63, 3.8) is 0 Å². The number of alkyl carbamates (subject to hydrolysis) is 1. The van der Waals surface area contributed by atoms with Gasteiger partial charge in [0, 0.05) is 5.92 Å². The van der Waals surface area contributed by atoms with E-state index in [2.05, 4.69) is 25.7 Å².